The highest BCUT2D eigenvalue weighted by molar-refractivity contribution is 6.35. The van der Waals surface area contributed by atoms with E-state index in [2.05, 4.69) is 24.4 Å². The molecule has 0 fully saturated rings. The van der Waals surface area contributed by atoms with Gasteiger partial charge in [-0.2, -0.15) is 0 Å². The summed E-state index contributed by atoms with van der Waals surface area (Å²) in [6.45, 7) is 2.80. The van der Waals surface area contributed by atoms with E-state index < -0.39 is 0 Å². The Hall–Kier alpha value is -2.17. The first-order valence-corrected chi connectivity index (χ1v) is 8.53. The minimum Gasteiger partial charge on any atom is -0.301 e. The molecule has 24 heavy (non-hydrogen) atoms. The van der Waals surface area contributed by atoms with Crippen LogP contribution in [-0.4, -0.2) is 9.55 Å². The Morgan fingerprint density at radius 2 is 2.00 bits per heavy atom. The molecule has 0 spiro atoms. The second kappa shape index (κ2) is 6.04. The summed E-state index contributed by atoms with van der Waals surface area (Å²) in [4.78, 5) is 17.5. The van der Waals surface area contributed by atoms with Crippen LogP contribution in [0.25, 0.3) is 10.9 Å². The number of rotatable bonds is 3. The predicted molar refractivity (Wildman–Crippen MR) is 96.4 cm³/mol. The van der Waals surface area contributed by atoms with Gasteiger partial charge in [-0.15, -0.1) is 0 Å². The third kappa shape index (κ3) is 2.52. The Kier molecular flexibility index (Phi) is 3.87. The van der Waals surface area contributed by atoms with Crippen molar-refractivity contribution >= 4 is 22.5 Å². The Bertz CT molecular complexity index is 952. The first kappa shape index (κ1) is 15.4. The fourth-order valence-electron chi connectivity index (χ4n) is 3.41. The van der Waals surface area contributed by atoms with Crippen LogP contribution in [0.5, 0.6) is 0 Å². The monoisotopic (exact) mass is 339 g/mol. The molecule has 5 heteroatoms. The van der Waals surface area contributed by atoms with Crippen molar-refractivity contribution in [2.75, 3.05) is 0 Å². The molecule has 0 unspecified atom stereocenters. The maximum absolute atomic E-state index is 12.8. The summed E-state index contributed by atoms with van der Waals surface area (Å²) in [7, 11) is 0. The molecule has 0 saturated carbocycles. The van der Waals surface area contributed by atoms with E-state index in [1.54, 1.807) is 10.6 Å². The maximum atomic E-state index is 12.8. The van der Waals surface area contributed by atoms with Crippen LogP contribution in [0, 0.1) is 0 Å². The second-order valence-corrected chi connectivity index (χ2v) is 6.61. The first-order chi connectivity index (χ1) is 11.6. The highest BCUT2D eigenvalue weighted by Gasteiger charge is 2.28. The van der Waals surface area contributed by atoms with Gasteiger partial charge in [0.2, 0.25) is 0 Å². The van der Waals surface area contributed by atoms with Crippen molar-refractivity contribution in [1.82, 2.24) is 14.9 Å². The molecule has 0 bridgehead atoms. The van der Waals surface area contributed by atoms with Crippen molar-refractivity contribution in [2.45, 2.75) is 32.0 Å². The second-order valence-electron chi connectivity index (χ2n) is 6.20. The summed E-state index contributed by atoms with van der Waals surface area (Å²) in [6.07, 6.45) is 0.855. The lowest BCUT2D eigenvalue weighted by atomic mass is 10.1. The number of hydrogen-bond acceptors (Lipinski definition) is 3. The molecule has 0 radical (unpaired) electrons. The molecule has 0 saturated heterocycles. The van der Waals surface area contributed by atoms with Crippen LogP contribution in [0.2, 0.25) is 5.02 Å². The third-order valence-corrected chi connectivity index (χ3v) is 4.98. The number of benzene rings is 2. The molecule has 1 aliphatic heterocycles. The van der Waals surface area contributed by atoms with E-state index in [0.717, 1.165) is 12.2 Å². The third-order valence-electron chi connectivity index (χ3n) is 4.67. The fourth-order valence-corrected chi connectivity index (χ4v) is 3.66. The van der Waals surface area contributed by atoms with Gasteiger partial charge in [0.05, 0.1) is 22.0 Å². The van der Waals surface area contributed by atoms with Crippen LogP contribution in [0.4, 0.5) is 0 Å². The molecule has 3 aromatic rings. The average Bonchev–Trinajstić information content (AvgIpc) is 2.99. The van der Waals surface area contributed by atoms with Crippen LogP contribution >= 0.6 is 11.6 Å². The van der Waals surface area contributed by atoms with E-state index in [4.69, 9.17) is 16.6 Å². The number of nitrogens with one attached hydrogen (secondary N) is 1. The van der Waals surface area contributed by atoms with E-state index >= 15 is 0 Å². The van der Waals surface area contributed by atoms with Gasteiger partial charge in [-0.1, -0.05) is 48.0 Å². The molecule has 0 aliphatic carbocycles. The van der Waals surface area contributed by atoms with Crippen molar-refractivity contribution in [3.05, 3.63) is 75.3 Å². The molecular formula is C19H18ClN3O. The highest BCUT2D eigenvalue weighted by Crippen LogP contribution is 2.28. The average molecular weight is 340 g/mol. The van der Waals surface area contributed by atoms with Crippen LogP contribution in [0.15, 0.2) is 53.3 Å². The highest BCUT2D eigenvalue weighted by atomic mass is 35.5. The summed E-state index contributed by atoms with van der Waals surface area (Å²) in [5, 5.41) is 4.58. The van der Waals surface area contributed by atoms with Crippen molar-refractivity contribution < 1.29 is 0 Å². The van der Waals surface area contributed by atoms with Crippen molar-refractivity contribution in [2.24, 2.45) is 0 Å². The van der Waals surface area contributed by atoms with Gasteiger partial charge < -0.3 is 5.32 Å². The summed E-state index contributed by atoms with van der Waals surface area (Å²) >= 11 is 6.20. The quantitative estimate of drug-likeness (QED) is 0.788. The zero-order valence-corrected chi connectivity index (χ0v) is 14.1. The number of fused-ring (bicyclic) bond motifs is 2. The Morgan fingerprint density at radius 1 is 1.21 bits per heavy atom. The van der Waals surface area contributed by atoms with Crippen LogP contribution in [0.3, 0.4) is 0 Å². The van der Waals surface area contributed by atoms with Gasteiger partial charge in [0, 0.05) is 12.6 Å². The number of halogens is 1. The molecule has 2 aromatic carbocycles. The number of hydrogen-bond donors (Lipinski definition) is 1. The van der Waals surface area contributed by atoms with Crippen LogP contribution < -0.4 is 10.9 Å². The first-order valence-electron chi connectivity index (χ1n) is 8.15. The lowest BCUT2D eigenvalue weighted by Crippen LogP contribution is -2.27. The SMILES string of the molecule is C[C@@H](N[C@H]1CCn2c1nc1cccc(Cl)c1c2=O)c1ccccc1. The van der Waals surface area contributed by atoms with Gasteiger partial charge in [0.25, 0.3) is 5.56 Å². The fraction of sp³-hybridized carbons (Fsp3) is 0.263. The number of aromatic nitrogens is 2. The molecule has 1 aromatic heterocycles. The molecule has 4 nitrogen and oxygen atoms in total. The maximum Gasteiger partial charge on any atom is 0.262 e. The smallest absolute Gasteiger partial charge is 0.262 e. The molecular weight excluding hydrogens is 322 g/mol. The van der Waals surface area contributed by atoms with Gasteiger partial charge in [-0.3, -0.25) is 9.36 Å². The zero-order valence-electron chi connectivity index (χ0n) is 13.4. The van der Waals surface area contributed by atoms with Gasteiger partial charge in [0.1, 0.15) is 5.82 Å². The van der Waals surface area contributed by atoms with E-state index in [0.29, 0.717) is 22.5 Å². The minimum atomic E-state index is -0.0442. The largest absolute Gasteiger partial charge is 0.301 e. The molecule has 2 atom stereocenters. The molecule has 4 rings (SSSR count). The molecule has 122 valence electrons. The molecule has 2 heterocycles. The predicted octanol–water partition coefficient (Wildman–Crippen LogP) is 3.85. The molecule has 1 N–H and O–H groups in total. The molecule has 1 aliphatic rings. The van der Waals surface area contributed by atoms with Gasteiger partial charge >= 0.3 is 0 Å². The van der Waals surface area contributed by atoms with Crippen molar-refractivity contribution in [1.29, 1.82) is 0 Å². The summed E-state index contributed by atoms with van der Waals surface area (Å²) in [5.41, 5.74) is 1.85. The van der Waals surface area contributed by atoms with E-state index in [9.17, 15) is 4.79 Å². The van der Waals surface area contributed by atoms with E-state index in [1.165, 1.54) is 5.56 Å². The van der Waals surface area contributed by atoms with Gasteiger partial charge in [0.15, 0.2) is 0 Å². The lowest BCUT2D eigenvalue weighted by Gasteiger charge is -2.19. The number of nitrogens with zero attached hydrogens (tertiary/aromatic N) is 2. The van der Waals surface area contributed by atoms with E-state index in [-0.39, 0.29) is 17.6 Å². The Balaban J connectivity index is 1.72. The zero-order chi connectivity index (χ0) is 16.7. The van der Waals surface area contributed by atoms with Gasteiger partial charge in [-0.05, 0) is 31.0 Å². The minimum absolute atomic E-state index is 0.0442. The Morgan fingerprint density at radius 3 is 2.79 bits per heavy atom. The summed E-state index contributed by atoms with van der Waals surface area (Å²) in [6, 6.07) is 16.0. The lowest BCUT2D eigenvalue weighted by molar-refractivity contribution is 0.459. The molecule has 0 amide bonds. The van der Waals surface area contributed by atoms with Crippen LogP contribution in [0.1, 0.15) is 36.8 Å². The van der Waals surface area contributed by atoms with Crippen molar-refractivity contribution in [3.63, 3.8) is 0 Å². The summed E-state index contributed by atoms with van der Waals surface area (Å²) in [5.74, 6) is 0.803. The topological polar surface area (TPSA) is 46.9 Å². The normalized spacial score (nSPS) is 17.8. The van der Waals surface area contributed by atoms with Crippen LogP contribution in [-0.2, 0) is 6.54 Å². The van der Waals surface area contributed by atoms with E-state index in [1.807, 2.05) is 30.3 Å². The van der Waals surface area contributed by atoms with Gasteiger partial charge in [-0.25, -0.2) is 4.98 Å². The standard InChI is InChI=1S/C19H18ClN3O/c1-12(13-6-3-2-4-7-13)21-16-10-11-23-18(16)22-15-9-5-8-14(20)17(15)19(23)24/h2-9,12,16,21H,10-11H2,1H3/t12-,16+/m1/s1. The van der Waals surface area contributed by atoms with Crippen molar-refractivity contribution in [3.8, 4) is 0 Å². The Labute approximate surface area is 145 Å². The summed E-state index contributed by atoms with van der Waals surface area (Å²) < 4.78 is 1.75.